The molecule has 4 nitrogen and oxygen atoms in total. The van der Waals surface area contributed by atoms with Crippen LogP contribution < -0.4 is 10.2 Å². The summed E-state index contributed by atoms with van der Waals surface area (Å²) >= 11 is 1.76. The SMILES string of the molecule is C[C@@H](C(=O)Nc1ccccc1F)[NH+]1CCC[C@H](c2nc3ccccc3s2)C1. The normalized spacial score (nSPS) is 21.1. The molecule has 6 heteroatoms. The summed E-state index contributed by atoms with van der Waals surface area (Å²) in [7, 11) is 0. The van der Waals surface area contributed by atoms with Gasteiger partial charge in [0.25, 0.3) is 5.91 Å². The Morgan fingerprint density at radius 2 is 2.04 bits per heavy atom. The Balaban J connectivity index is 1.45. The minimum absolute atomic E-state index is 0.139. The van der Waals surface area contributed by atoms with E-state index in [1.165, 1.54) is 15.7 Å². The third kappa shape index (κ3) is 3.87. The number of hydrogen-bond donors (Lipinski definition) is 2. The molecule has 1 fully saturated rings. The molecule has 0 saturated carbocycles. The van der Waals surface area contributed by atoms with E-state index < -0.39 is 5.82 Å². The lowest BCUT2D eigenvalue weighted by atomic mass is 9.97. The van der Waals surface area contributed by atoms with Gasteiger partial charge in [-0.2, -0.15) is 0 Å². The second-order valence-corrected chi connectivity index (χ2v) is 8.22. The molecule has 0 radical (unpaired) electrons. The summed E-state index contributed by atoms with van der Waals surface area (Å²) in [6.07, 6.45) is 2.16. The van der Waals surface area contributed by atoms with Crippen LogP contribution in [0.1, 0.15) is 30.7 Å². The van der Waals surface area contributed by atoms with E-state index in [4.69, 9.17) is 4.98 Å². The lowest BCUT2D eigenvalue weighted by molar-refractivity contribution is -0.920. The van der Waals surface area contributed by atoms with Gasteiger partial charge in [0, 0.05) is 0 Å². The molecule has 1 aromatic heterocycles. The lowest BCUT2D eigenvalue weighted by Crippen LogP contribution is -3.17. The molecular formula is C21H23FN3OS+. The second-order valence-electron chi connectivity index (χ2n) is 7.16. The number of thiazole rings is 1. The highest BCUT2D eigenvalue weighted by Gasteiger charge is 2.33. The summed E-state index contributed by atoms with van der Waals surface area (Å²) in [4.78, 5) is 18.7. The molecule has 1 unspecified atom stereocenters. The first-order valence-electron chi connectivity index (χ1n) is 9.37. The third-order valence-electron chi connectivity index (χ3n) is 5.36. The first-order valence-corrected chi connectivity index (χ1v) is 10.2. The van der Waals surface area contributed by atoms with Crippen LogP contribution in [0.5, 0.6) is 0 Å². The van der Waals surface area contributed by atoms with Gasteiger partial charge in [-0.1, -0.05) is 24.3 Å². The molecule has 3 aromatic rings. The molecule has 1 amide bonds. The predicted octanol–water partition coefficient (Wildman–Crippen LogP) is 3.22. The minimum Gasteiger partial charge on any atom is -0.324 e. The third-order valence-corrected chi connectivity index (χ3v) is 6.56. The number of anilines is 1. The number of nitrogens with zero attached hydrogens (tertiary/aromatic N) is 1. The van der Waals surface area contributed by atoms with E-state index in [0.29, 0.717) is 5.92 Å². The van der Waals surface area contributed by atoms with Gasteiger partial charge < -0.3 is 10.2 Å². The maximum atomic E-state index is 13.8. The quantitative estimate of drug-likeness (QED) is 0.726. The van der Waals surface area contributed by atoms with Crippen LogP contribution in [-0.2, 0) is 4.79 Å². The highest BCUT2D eigenvalue weighted by atomic mass is 32.1. The maximum Gasteiger partial charge on any atom is 0.282 e. The predicted molar refractivity (Wildman–Crippen MR) is 107 cm³/mol. The van der Waals surface area contributed by atoms with E-state index in [1.54, 1.807) is 29.5 Å². The van der Waals surface area contributed by atoms with Crippen molar-refractivity contribution in [1.82, 2.24) is 4.98 Å². The number of aromatic nitrogens is 1. The van der Waals surface area contributed by atoms with Crippen molar-refractivity contribution in [2.24, 2.45) is 0 Å². The molecule has 1 aliphatic rings. The van der Waals surface area contributed by atoms with Crippen LogP contribution in [0.2, 0.25) is 0 Å². The monoisotopic (exact) mass is 384 g/mol. The Kier molecular flexibility index (Phi) is 5.18. The summed E-state index contributed by atoms with van der Waals surface area (Å²) in [6, 6.07) is 14.3. The Morgan fingerprint density at radius 1 is 1.26 bits per heavy atom. The first kappa shape index (κ1) is 18.1. The Hall–Kier alpha value is -2.31. The summed E-state index contributed by atoms with van der Waals surface area (Å²) in [5.41, 5.74) is 1.29. The van der Waals surface area contributed by atoms with Crippen LogP contribution in [0, 0.1) is 5.82 Å². The van der Waals surface area contributed by atoms with Gasteiger partial charge in [-0.15, -0.1) is 11.3 Å². The highest BCUT2D eigenvalue weighted by Crippen LogP contribution is 2.30. The van der Waals surface area contributed by atoms with Crippen molar-refractivity contribution < 1.29 is 14.1 Å². The number of para-hydroxylation sites is 2. The van der Waals surface area contributed by atoms with Crippen molar-refractivity contribution in [3.8, 4) is 0 Å². The number of rotatable bonds is 4. The van der Waals surface area contributed by atoms with Crippen molar-refractivity contribution in [2.75, 3.05) is 18.4 Å². The molecule has 1 saturated heterocycles. The number of amides is 1. The smallest absolute Gasteiger partial charge is 0.282 e. The number of hydrogen-bond acceptors (Lipinski definition) is 3. The van der Waals surface area contributed by atoms with Gasteiger partial charge in [0.15, 0.2) is 6.04 Å². The van der Waals surface area contributed by atoms with Gasteiger partial charge in [-0.3, -0.25) is 4.79 Å². The van der Waals surface area contributed by atoms with E-state index in [9.17, 15) is 9.18 Å². The van der Waals surface area contributed by atoms with E-state index >= 15 is 0 Å². The molecule has 27 heavy (non-hydrogen) atoms. The van der Waals surface area contributed by atoms with Crippen LogP contribution in [0.4, 0.5) is 10.1 Å². The zero-order valence-corrected chi connectivity index (χ0v) is 16.1. The van der Waals surface area contributed by atoms with Crippen LogP contribution in [0.25, 0.3) is 10.2 Å². The first-order chi connectivity index (χ1) is 13.1. The second kappa shape index (κ2) is 7.74. The number of likely N-dealkylation sites (tertiary alicyclic amines) is 1. The highest BCUT2D eigenvalue weighted by molar-refractivity contribution is 7.18. The number of quaternary nitrogens is 1. The molecule has 2 N–H and O–H groups in total. The molecule has 0 bridgehead atoms. The minimum atomic E-state index is -0.404. The fourth-order valence-corrected chi connectivity index (χ4v) is 4.86. The van der Waals surface area contributed by atoms with Gasteiger partial charge in [0.1, 0.15) is 10.8 Å². The van der Waals surface area contributed by atoms with Crippen LogP contribution in [0.3, 0.4) is 0 Å². The Labute approximate surface area is 162 Å². The van der Waals surface area contributed by atoms with Crippen molar-refractivity contribution >= 4 is 33.1 Å². The fourth-order valence-electron chi connectivity index (χ4n) is 3.75. The largest absolute Gasteiger partial charge is 0.324 e. The average molecular weight is 385 g/mol. The van der Waals surface area contributed by atoms with E-state index in [-0.39, 0.29) is 17.6 Å². The van der Waals surface area contributed by atoms with Gasteiger partial charge in [0.2, 0.25) is 0 Å². The number of halogens is 1. The number of nitrogens with one attached hydrogen (secondary N) is 2. The number of benzene rings is 2. The van der Waals surface area contributed by atoms with E-state index in [0.717, 1.165) is 36.5 Å². The Morgan fingerprint density at radius 3 is 2.85 bits per heavy atom. The van der Waals surface area contributed by atoms with Crippen molar-refractivity contribution in [3.63, 3.8) is 0 Å². The van der Waals surface area contributed by atoms with Gasteiger partial charge in [-0.05, 0) is 44.0 Å². The molecular weight excluding hydrogens is 361 g/mol. The molecule has 2 aromatic carbocycles. The van der Waals surface area contributed by atoms with Crippen molar-refractivity contribution in [3.05, 3.63) is 59.4 Å². The number of fused-ring (bicyclic) bond motifs is 1. The molecule has 0 aliphatic carbocycles. The van der Waals surface area contributed by atoms with E-state index in [1.807, 2.05) is 25.1 Å². The van der Waals surface area contributed by atoms with Crippen LogP contribution in [-0.4, -0.2) is 30.0 Å². The molecule has 4 rings (SSSR count). The number of piperidine rings is 1. The molecule has 3 atom stereocenters. The average Bonchev–Trinajstić information content (AvgIpc) is 3.13. The van der Waals surface area contributed by atoms with E-state index in [2.05, 4.69) is 11.4 Å². The maximum absolute atomic E-state index is 13.8. The van der Waals surface area contributed by atoms with Gasteiger partial charge >= 0.3 is 0 Å². The number of carbonyl (C=O) groups is 1. The van der Waals surface area contributed by atoms with Crippen molar-refractivity contribution in [2.45, 2.75) is 31.7 Å². The molecule has 2 heterocycles. The molecule has 140 valence electrons. The fraction of sp³-hybridized carbons (Fsp3) is 0.333. The zero-order valence-electron chi connectivity index (χ0n) is 15.2. The lowest BCUT2D eigenvalue weighted by Gasteiger charge is -2.32. The molecule has 1 aliphatic heterocycles. The van der Waals surface area contributed by atoms with Crippen LogP contribution >= 0.6 is 11.3 Å². The van der Waals surface area contributed by atoms with Gasteiger partial charge in [-0.25, -0.2) is 9.37 Å². The summed E-state index contributed by atoms with van der Waals surface area (Å²) < 4.78 is 15.0. The summed E-state index contributed by atoms with van der Waals surface area (Å²) in [5.74, 6) is -0.172. The topological polar surface area (TPSA) is 46.4 Å². The molecule has 0 spiro atoms. The standard InChI is InChI=1S/C21H22FN3OS/c1-14(20(26)23-17-9-3-2-8-16(17)22)25-12-6-7-15(13-25)21-24-18-10-4-5-11-19(18)27-21/h2-5,8-11,14-15H,6-7,12-13H2,1H3,(H,23,26)/p+1/t14-,15-/m0/s1. The summed E-state index contributed by atoms with van der Waals surface area (Å²) in [5, 5.41) is 3.90. The van der Waals surface area contributed by atoms with Crippen LogP contribution in [0.15, 0.2) is 48.5 Å². The Bertz CT molecular complexity index is 924. The zero-order chi connectivity index (χ0) is 18.8. The van der Waals surface area contributed by atoms with Crippen molar-refractivity contribution in [1.29, 1.82) is 0 Å². The van der Waals surface area contributed by atoms with Gasteiger partial charge in [0.05, 0.1) is 34.9 Å². The summed E-state index contributed by atoms with van der Waals surface area (Å²) in [6.45, 7) is 3.76. The number of carbonyl (C=O) groups excluding carboxylic acids is 1.